The number of ether oxygens (including phenoxy) is 1. The Morgan fingerprint density at radius 3 is 2.65 bits per heavy atom. The molecule has 0 unspecified atom stereocenters. The van der Waals surface area contributed by atoms with Gasteiger partial charge in [0.1, 0.15) is 6.10 Å². The van der Waals surface area contributed by atoms with Crippen molar-refractivity contribution < 1.29 is 14.3 Å². The van der Waals surface area contributed by atoms with Crippen LogP contribution < -0.4 is 0 Å². The highest BCUT2D eigenvalue weighted by Crippen LogP contribution is 2.53. The summed E-state index contributed by atoms with van der Waals surface area (Å²) in [5, 5.41) is 0. The van der Waals surface area contributed by atoms with Gasteiger partial charge in [0, 0.05) is 17.4 Å². The van der Waals surface area contributed by atoms with Crippen molar-refractivity contribution in [2.75, 3.05) is 0 Å². The molecule has 23 heavy (non-hydrogen) atoms. The van der Waals surface area contributed by atoms with Crippen molar-refractivity contribution in [1.82, 2.24) is 0 Å². The summed E-state index contributed by atoms with van der Waals surface area (Å²) in [5.41, 5.74) is 2.66. The zero-order valence-corrected chi connectivity index (χ0v) is 14.9. The predicted octanol–water partition coefficient (Wildman–Crippen LogP) is 4.39. The molecule has 1 fully saturated rings. The maximum Gasteiger partial charge on any atom is 0.333 e. The second-order valence-electron chi connectivity index (χ2n) is 7.34. The van der Waals surface area contributed by atoms with E-state index in [9.17, 15) is 9.59 Å². The van der Waals surface area contributed by atoms with Gasteiger partial charge in [-0.1, -0.05) is 37.6 Å². The maximum atomic E-state index is 12.3. The van der Waals surface area contributed by atoms with E-state index in [1.54, 1.807) is 13.0 Å². The molecule has 0 radical (unpaired) electrons. The van der Waals surface area contributed by atoms with Crippen molar-refractivity contribution in [3.63, 3.8) is 0 Å². The number of allylic oxidation sites excluding steroid dienone is 4. The Bertz CT molecular complexity index is 596. The summed E-state index contributed by atoms with van der Waals surface area (Å²) in [6, 6.07) is 0. The quantitative estimate of drug-likeness (QED) is 0.440. The van der Waals surface area contributed by atoms with Crippen molar-refractivity contribution in [1.29, 1.82) is 0 Å². The Morgan fingerprint density at radius 2 is 2.09 bits per heavy atom. The minimum Gasteiger partial charge on any atom is -0.459 e. The third kappa shape index (κ3) is 3.19. The third-order valence-corrected chi connectivity index (χ3v) is 5.89. The van der Waals surface area contributed by atoms with Gasteiger partial charge in [0.15, 0.2) is 5.78 Å². The van der Waals surface area contributed by atoms with Gasteiger partial charge in [-0.15, -0.1) is 0 Å². The minimum absolute atomic E-state index is 0.0986. The van der Waals surface area contributed by atoms with Crippen molar-refractivity contribution >= 4 is 11.8 Å². The second-order valence-corrected chi connectivity index (χ2v) is 7.34. The van der Waals surface area contributed by atoms with Gasteiger partial charge in [-0.05, 0) is 51.5 Å². The molecule has 1 saturated carbocycles. The maximum absolute atomic E-state index is 12.3. The van der Waals surface area contributed by atoms with Crippen LogP contribution in [0.4, 0.5) is 0 Å². The van der Waals surface area contributed by atoms with E-state index in [1.807, 2.05) is 19.9 Å². The molecular weight excluding hydrogens is 288 g/mol. The highest BCUT2D eigenvalue weighted by molar-refractivity contribution is 5.95. The Morgan fingerprint density at radius 1 is 1.43 bits per heavy atom. The number of hydrogen-bond donors (Lipinski definition) is 0. The van der Waals surface area contributed by atoms with Gasteiger partial charge in [0.05, 0.1) is 0 Å². The molecule has 3 heteroatoms. The number of hydrogen-bond acceptors (Lipinski definition) is 3. The Hall–Kier alpha value is -1.64. The molecule has 3 nitrogen and oxygen atoms in total. The molecule has 2 aliphatic rings. The topological polar surface area (TPSA) is 43.4 Å². The number of ketones is 1. The molecule has 0 aromatic rings. The first-order valence-electron chi connectivity index (χ1n) is 8.45. The first-order valence-corrected chi connectivity index (χ1v) is 8.45. The highest BCUT2D eigenvalue weighted by atomic mass is 16.5. The smallest absolute Gasteiger partial charge is 0.333 e. The lowest BCUT2D eigenvalue weighted by molar-refractivity contribution is -0.151. The van der Waals surface area contributed by atoms with Gasteiger partial charge in [-0.3, -0.25) is 4.79 Å². The number of esters is 1. The molecule has 0 saturated heterocycles. The van der Waals surface area contributed by atoms with Gasteiger partial charge in [-0.2, -0.15) is 0 Å². The standard InChI is InChI=1S/C20H28O3/c1-7-13(4)19(22)23-18-9-8-15-10-17(21)16(12(2)3)11-20(15,6)14(18)5/h7,10,14,16,18H,2,8-9,11H2,1,3-6H3/t14-,16+,18+,20+/m0/s1. The molecule has 2 rings (SSSR count). The summed E-state index contributed by atoms with van der Waals surface area (Å²) < 4.78 is 5.75. The van der Waals surface area contributed by atoms with Crippen LogP contribution in [0.1, 0.15) is 53.9 Å². The van der Waals surface area contributed by atoms with Crippen LogP contribution in [-0.4, -0.2) is 17.9 Å². The molecule has 0 spiro atoms. The molecule has 0 aliphatic heterocycles. The van der Waals surface area contributed by atoms with E-state index >= 15 is 0 Å². The van der Waals surface area contributed by atoms with Crippen LogP contribution in [0, 0.1) is 17.3 Å². The molecule has 0 heterocycles. The molecule has 0 aromatic carbocycles. The van der Waals surface area contributed by atoms with Gasteiger partial charge < -0.3 is 4.74 Å². The summed E-state index contributed by atoms with van der Waals surface area (Å²) in [5.74, 6) is 0.0186. The Labute approximate surface area is 139 Å². The lowest BCUT2D eigenvalue weighted by Crippen LogP contribution is -2.46. The van der Waals surface area contributed by atoms with E-state index in [4.69, 9.17) is 4.74 Å². The van der Waals surface area contributed by atoms with E-state index in [-0.39, 0.29) is 35.1 Å². The zero-order chi connectivity index (χ0) is 17.4. The molecule has 0 aromatic heterocycles. The lowest BCUT2D eigenvalue weighted by atomic mass is 9.57. The summed E-state index contributed by atoms with van der Waals surface area (Å²) in [4.78, 5) is 24.4. The number of carbonyl (C=O) groups excluding carboxylic acids is 2. The van der Waals surface area contributed by atoms with Crippen LogP contribution in [0.3, 0.4) is 0 Å². The van der Waals surface area contributed by atoms with Gasteiger partial charge >= 0.3 is 5.97 Å². The molecule has 4 atom stereocenters. The van der Waals surface area contributed by atoms with E-state index in [2.05, 4.69) is 20.4 Å². The number of rotatable bonds is 3. The van der Waals surface area contributed by atoms with E-state index in [0.717, 1.165) is 24.8 Å². The van der Waals surface area contributed by atoms with E-state index in [0.29, 0.717) is 5.57 Å². The van der Waals surface area contributed by atoms with Crippen LogP contribution in [0.5, 0.6) is 0 Å². The summed E-state index contributed by atoms with van der Waals surface area (Å²) in [6.45, 7) is 13.9. The van der Waals surface area contributed by atoms with Crippen molar-refractivity contribution in [2.24, 2.45) is 17.3 Å². The molecule has 0 bridgehead atoms. The summed E-state index contributed by atoms with van der Waals surface area (Å²) in [7, 11) is 0. The summed E-state index contributed by atoms with van der Waals surface area (Å²) in [6.07, 6.45) is 5.88. The first-order chi connectivity index (χ1) is 10.7. The number of carbonyl (C=O) groups is 2. The Balaban J connectivity index is 2.25. The molecule has 0 N–H and O–H groups in total. The fourth-order valence-corrected chi connectivity index (χ4v) is 3.81. The normalized spacial score (nSPS) is 34.5. The fourth-order valence-electron chi connectivity index (χ4n) is 3.81. The van der Waals surface area contributed by atoms with Crippen LogP contribution >= 0.6 is 0 Å². The van der Waals surface area contributed by atoms with Gasteiger partial charge in [0.2, 0.25) is 0 Å². The third-order valence-electron chi connectivity index (χ3n) is 5.89. The SMILES string of the molecule is C=C(C)[C@H]1C[C@@]2(C)C(=CC1=O)CC[C@@H](OC(=O)C(C)=CC)[C@@H]2C. The van der Waals surface area contributed by atoms with Gasteiger partial charge in [0.25, 0.3) is 0 Å². The zero-order valence-electron chi connectivity index (χ0n) is 14.9. The van der Waals surface area contributed by atoms with Crippen LogP contribution in [0.15, 0.2) is 35.5 Å². The monoisotopic (exact) mass is 316 g/mol. The average Bonchev–Trinajstić information content (AvgIpc) is 2.50. The lowest BCUT2D eigenvalue weighted by Gasteiger charge is -2.49. The van der Waals surface area contributed by atoms with Crippen LogP contribution in [-0.2, 0) is 14.3 Å². The van der Waals surface area contributed by atoms with Crippen LogP contribution in [0.25, 0.3) is 0 Å². The molecule has 126 valence electrons. The summed E-state index contributed by atoms with van der Waals surface area (Å²) >= 11 is 0. The Kier molecular flexibility index (Phi) is 4.98. The molecule has 2 aliphatic carbocycles. The second kappa shape index (κ2) is 6.46. The van der Waals surface area contributed by atoms with E-state index < -0.39 is 0 Å². The van der Waals surface area contributed by atoms with Gasteiger partial charge in [-0.25, -0.2) is 4.79 Å². The first kappa shape index (κ1) is 17.7. The molecular formula is C20H28O3. The number of fused-ring (bicyclic) bond motifs is 1. The van der Waals surface area contributed by atoms with Crippen molar-refractivity contribution in [3.05, 3.63) is 35.5 Å². The molecule has 0 amide bonds. The van der Waals surface area contributed by atoms with Crippen molar-refractivity contribution in [3.8, 4) is 0 Å². The average molecular weight is 316 g/mol. The van der Waals surface area contributed by atoms with E-state index in [1.165, 1.54) is 5.57 Å². The predicted molar refractivity (Wildman–Crippen MR) is 91.8 cm³/mol. The largest absolute Gasteiger partial charge is 0.459 e. The fraction of sp³-hybridized carbons (Fsp3) is 0.600. The van der Waals surface area contributed by atoms with Crippen LogP contribution in [0.2, 0.25) is 0 Å². The minimum atomic E-state index is -0.233. The highest BCUT2D eigenvalue weighted by Gasteiger charge is 2.48. The van der Waals surface area contributed by atoms with Crippen molar-refractivity contribution in [2.45, 2.75) is 60.0 Å².